The highest BCUT2D eigenvalue weighted by Gasteiger charge is 2.12. The van der Waals surface area contributed by atoms with Gasteiger partial charge in [-0.2, -0.15) is 0 Å². The highest BCUT2D eigenvalue weighted by atomic mass is 35.5. The van der Waals surface area contributed by atoms with Crippen LogP contribution >= 0.6 is 11.6 Å². The number of nitrogens with one attached hydrogen (secondary N) is 1. The first-order valence-corrected chi connectivity index (χ1v) is 6.40. The van der Waals surface area contributed by atoms with Crippen LogP contribution in [0.5, 0.6) is 5.75 Å². The van der Waals surface area contributed by atoms with Crippen LogP contribution in [0.4, 0.5) is 11.4 Å². The number of carbonyl (C=O) groups is 1. The van der Waals surface area contributed by atoms with Gasteiger partial charge in [0.05, 0.1) is 12.8 Å². The molecule has 0 aliphatic carbocycles. The van der Waals surface area contributed by atoms with Crippen molar-refractivity contribution in [2.45, 2.75) is 6.92 Å². The first kappa shape index (κ1) is 14.2. The Morgan fingerprint density at radius 1 is 1.30 bits per heavy atom. The molecule has 2 aromatic carbocycles. The molecule has 0 bridgehead atoms. The standard InChI is InChI=1S/C15H15ClN2O2/c1-9-6-13(14(20-2)8-12(9)16)18-15(19)10-4-3-5-11(17)7-10/h3-8H,17H2,1-2H3,(H,18,19). The predicted molar refractivity (Wildman–Crippen MR) is 81.5 cm³/mol. The summed E-state index contributed by atoms with van der Waals surface area (Å²) >= 11 is 6.03. The van der Waals surface area contributed by atoms with Crippen LogP contribution < -0.4 is 15.8 Å². The molecule has 0 unspecified atom stereocenters. The van der Waals surface area contributed by atoms with Gasteiger partial charge in [0, 0.05) is 22.3 Å². The number of amides is 1. The third kappa shape index (κ3) is 3.03. The van der Waals surface area contributed by atoms with E-state index >= 15 is 0 Å². The number of nitrogens with two attached hydrogens (primary N) is 1. The number of aryl methyl sites for hydroxylation is 1. The summed E-state index contributed by atoms with van der Waals surface area (Å²) in [5.41, 5.74) is 8.12. The lowest BCUT2D eigenvalue weighted by Gasteiger charge is -2.12. The van der Waals surface area contributed by atoms with E-state index in [0.717, 1.165) is 5.56 Å². The topological polar surface area (TPSA) is 64.3 Å². The summed E-state index contributed by atoms with van der Waals surface area (Å²) < 4.78 is 5.22. The molecule has 2 rings (SSSR count). The lowest BCUT2D eigenvalue weighted by molar-refractivity contribution is 0.102. The molecule has 0 aliphatic rings. The van der Waals surface area contributed by atoms with Gasteiger partial charge in [-0.15, -0.1) is 0 Å². The first-order valence-electron chi connectivity index (χ1n) is 6.02. The lowest BCUT2D eigenvalue weighted by atomic mass is 10.1. The van der Waals surface area contributed by atoms with Crippen LogP contribution in [0.3, 0.4) is 0 Å². The van der Waals surface area contributed by atoms with Crippen molar-refractivity contribution in [3.05, 3.63) is 52.5 Å². The predicted octanol–water partition coefficient (Wildman–Crippen LogP) is 3.49. The molecule has 3 N–H and O–H groups in total. The number of nitrogen functional groups attached to an aromatic ring is 1. The van der Waals surface area contributed by atoms with Gasteiger partial charge in [0.2, 0.25) is 0 Å². The maximum Gasteiger partial charge on any atom is 0.255 e. The molecule has 0 saturated heterocycles. The fourth-order valence-corrected chi connectivity index (χ4v) is 1.96. The van der Waals surface area contributed by atoms with Gasteiger partial charge in [-0.1, -0.05) is 17.7 Å². The third-order valence-corrected chi connectivity index (χ3v) is 3.28. The van der Waals surface area contributed by atoms with Crippen LogP contribution in [-0.2, 0) is 0 Å². The van der Waals surface area contributed by atoms with Gasteiger partial charge in [-0.3, -0.25) is 4.79 Å². The molecule has 1 amide bonds. The second-order valence-electron chi connectivity index (χ2n) is 4.38. The Morgan fingerprint density at radius 3 is 2.70 bits per heavy atom. The van der Waals surface area contributed by atoms with Gasteiger partial charge < -0.3 is 15.8 Å². The highest BCUT2D eigenvalue weighted by molar-refractivity contribution is 6.31. The van der Waals surface area contributed by atoms with E-state index in [1.807, 2.05) is 6.92 Å². The fraction of sp³-hybridized carbons (Fsp3) is 0.133. The Balaban J connectivity index is 2.30. The van der Waals surface area contributed by atoms with E-state index < -0.39 is 0 Å². The minimum absolute atomic E-state index is 0.252. The van der Waals surface area contributed by atoms with Crippen LogP contribution in [0.15, 0.2) is 36.4 Å². The van der Waals surface area contributed by atoms with Crippen LogP contribution in [0, 0.1) is 6.92 Å². The zero-order valence-corrected chi connectivity index (χ0v) is 12.0. The van der Waals surface area contributed by atoms with E-state index in [2.05, 4.69) is 5.32 Å². The summed E-state index contributed by atoms with van der Waals surface area (Å²) in [5, 5.41) is 3.38. The normalized spacial score (nSPS) is 10.2. The van der Waals surface area contributed by atoms with Gasteiger partial charge in [0.25, 0.3) is 5.91 Å². The average Bonchev–Trinajstić information content (AvgIpc) is 2.42. The second-order valence-corrected chi connectivity index (χ2v) is 4.79. The molecule has 4 nitrogen and oxygen atoms in total. The van der Waals surface area contributed by atoms with Crippen LogP contribution in [0.25, 0.3) is 0 Å². The number of hydrogen-bond acceptors (Lipinski definition) is 3. The molecule has 0 spiro atoms. The van der Waals surface area contributed by atoms with Crippen LogP contribution in [0.1, 0.15) is 15.9 Å². The summed E-state index contributed by atoms with van der Waals surface area (Å²) in [6.07, 6.45) is 0. The molecule has 0 aliphatic heterocycles. The van der Waals surface area contributed by atoms with E-state index in [1.165, 1.54) is 7.11 Å². The van der Waals surface area contributed by atoms with Crippen molar-refractivity contribution in [2.75, 3.05) is 18.2 Å². The monoisotopic (exact) mass is 290 g/mol. The van der Waals surface area contributed by atoms with Crippen molar-refractivity contribution in [1.82, 2.24) is 0 Å². The van der Waals surface area contributed by atoms with E-state index in [9.17, 15) is 4.79 Å². The molecule has 0 atom stereocenters. The zero-order valence-electron chi connectivity index (χ0n) is 11.2. The number of halogens is 1. The summed E-state index contributed by atoms with van der Waals surface area (Å²) in [6.45, 7) is 1.86. The van der Waals surface area contributed by atoms with Crippen LogP contribution in [-0.4, -0.2) is 13.0 Å². The molecular formula is C15H15ClN2O2. The largest absolute Gasteiger partial charge is 0.495 e. The van der Waals surface area contributed by atoms with Crippen molar-refractivity contribution in [3.63, 3.8) is 0 Å². The minimum Gasteiger partial charge on any atom is -0.495 e. The van der Waals surface area contributed by atoms with E-state index in [4.69, 9.17) is 22.1 Å². The van der Waals surface area contributed by atoms with Crippen molar-refractivity contribution in [2.24, 2.45) is 0 Å². The molecule has 0 radical (unpaired) electrons. The van der Waals surface area contributed by atoms with Gasteiger partial charge in [0.15, 0.2) is 0 Å². The van der Waals surface area contributed by atoms with Gasteiger partial charge in [-0.05, 0) is 36.8 Å². The molecule has 20 heavy (non-hydrogen) atoms. The zero-order chi connectivity index (χ0) is 14.7. The summed E-state index contributed by atoms with van der Waals surface area (Å²) in [6, 6.07) is 10.2. The number of carbonyl (C=O) groups excluding carboxylic acids is 1. The van der Waals surface area contributed by atoms with Crippen molar-refractivity contribution in [1.29, 1.82) is 0 Å². The van der Waals surface area contributed by atoms with E-state index in [-0.39, 0.29) is 5.91 Å². The Morgan fingerprint density at radius 2 is 2.05 bits per heavy atom. The Kier molecular flexibility index (Phi) is 4.15. The quantitative estimate of drug-likeness (QED) is 0.851. The summed E-state index contributed by atoms with van der Waals surface area (Å²) in [4.78, 5) is 12.2. The molecule has 0 aromatic heterocycles. The molecule has 2 aromatic rings. The number of ether oxygens (including phenoxy) is 1. The molecule has 104 valence electrons. The first-order chi connectivity index (χ1) is 9.51. The maximum atomic E-state index is 12.2. The van der Waals surface area contributed by atoms with Crippen molar-refractivity contribution >= 4 is 28.9 Å². The Bertz CT molecular complexity index is 656. The third-order valence-electron chi connectivity index (χ3n) is 2.88. The second kappa shape index (κ2) is 5.84. The van der Waals surface area contributed by atoms with Gasteiger partial charge in [-0.25, -0.2) is 0 Å². The van der Waals surface area contributed by atoms with Crippen molar-refractivity contribution < 1.29 is 9.53 Å². The van der Waals surface area contributed by atoms with Crippen molar-refractivity contribution in [3.8, 4) is 5.75 Å². The molecule has 5 heteroatoms. The van der Waals surface area contributed by atoms with E-state index in [0.29, 0.717) is 27.7 Å². The SMILES string of the molecule is COc1cc(Cl)c(C)cc1NC(=O)c1cccc(N)c1. The molecule has 0 heterocycles. The molecular weight excluding hydrogens is 276 g/mol. The highest BCUT2D eigenvalue weighted by Crippen LogP contribution is 2.31. The lowest BCUT2D eigenvalue weighted by Crippen LogP contribution is -2.13. The fourth-order valence-electron chi connectivity index (χ4n) is 1.80. The Hall–Kier alpha value is -2.20. The number of methoxy groups -OCH3 is 1. The summed E-state index contributed by atoms with van der Waals surface area (Å²) in [5.74, 6) is 0.259. The molecule has 0 fully saturated rings. The number of hydrogen-bond donors (Lipinski definition) is 2. The molecule has 0 saturated carbocycles. The Labute approximate surface area is 122 Å². The van der Waals surface area contributed by atoms with Gasteiger partial charge in [0.1, 0.15) is 5.75 Å². The smallest absolute Gasteiger partial charge is 0.255 e. The average molecular weight is 291 g/mol. The minimum atomic E-state index is -0.252. The van der Waals surface area contributed by atoms with Crippen LogP contribution in [0.2, 0.25) is 5.02 Å². The summed E-state index contributed by atoms with van der Waals surface area (Å²) in [7, 11) is 1.52. The maximum absolute atomic E-state index is 12.2. The van der Waals surface area contributed by atoms with Gasteiger partial charge >= 0.3 is 0 Å². The van der Waals surface area contributed by atoms with E-state index in [1.54, 1.807) is 36.4 Å². The number of benzene rings is 2. The number of rotatable bonds is 3. The number of anilines is 2.